The number of hydrogen-bond acceptors (Lipinski definition) is 7. The van der Waals surface area contributed by atoms with Crippen LogP contribution in [0.25, 0.3) is 0 Å². The van der Waals surface area contributed by atoms with E-state index in [-0.39, 0.29) is 17.6 Å². The van der Waals surface area contributed by atoms with Crippen molar-refractivity contribution in [2.24, 2.45) is 15.9 Å². The Balaban J connectivity index is 0.000000208. The molecule has 0 bridgehead atoms. The van der Waals surface area contributed by atoms with Crippen LogP contribution < -0.4 is 20.7 Å². The highest BCUT2D eigenvalue weighted by Crippen LogP contribution is 2.34. The van der Waals surface area contributed by atoms with Crippen molar-refractivity contribution < 1.29 is 27.7 Å². The van der Waals surface area contributed by atoms with Crippen molar-refractivity contribution in [3.8, 4) is 11.5 Å². The fraction of sp³-hybridized carbons (Fsp3) is 0.125. The molecule has 5 N–H and O–H groups in total. The number of hydroxylamine groups is 1. The number of nitrogens with one attached hydrogen (secondary N) is 1. The Kier molecular flexibility index (Phi) is 6.71. The van der Waals surface area contributed by atoms with Crippen molar-refractivity contribution in [1.82, 2.24) is 5.48 Å². The molecule has 144 valence electrons. The maximum Gasteiger partial charge on any atom is 0.294 e. The molecular weight excluding hydrogens is 376 g/mol. The summed E-state index contributed by atoms with van der Waals surface area (Å²) in [7, 11) is -4.02. The first-order valence-corrected chi connectivity index (χ1v) is 8.94. The molecular formula is C16H18N4O6S. The van der Waals surface area contributed by atoms with E-state index in [0.29, 0.717) is 11.5 Å². The molecule has 3 rings (SSSR count). The van der Waals surface area contributed by atoms with Gasteiger partial charge in [0.1, 0.15) is 0 Å². The van der Waals surface area contributed by atoms with Crippen LogP contribution in [0.4, 0.5) is 0 Å². The molecule has 0 aliphatic carbocycles. The highest BCUT2D eigenvalue weighted by molar-refractivity contribution is 7.85. The Morgan fingerprint density at radius 2 is 1.93 bits per heavy atom. The van der Waals surface area contributed by atoms with Gasteiger partial charge in [0.15, 0.2) is 11.5 Å². The third kappa shape index (κ3) is 5.95. The van der Waals surface area contributed by atoms with Gasteiger partial charge in [-0.3, -0.25) is 9.76 Å². The minimum atomic E-state index is -4.02. The molecule has 1 aliphatic heterocycles. The highest BCUT2D eigenvalue weighted by Gasteiger charge is 2.15. The average Bonchev–Trinajstić information content (AvgIpc) is 3.11. The average molecular weight is 394 g/mol. The Hall–Kier alpha value is -3.15. The molecule has 0 fully saturated rings. The summed E-state index contributed by atoms with van der Waals surface area (Å²) in [4.78, 5) is -0.0666. The van der Waals surface area contributed by atoms with Gasteiger partial charge >= 0.3 is 0 Å². The summed E-state index contributed by atoms with van der Waals surface area (Å²) >= 11 is 0. The second kappa shape index (κ2) is 8.98. The molecule has 1 heterocycles. The number of fused-ring (bicyclic) bond motifs is 1. The van der Waals surface area contributed by atoms with Gasteiger partial charge in [0.2, 0.25) is 12.8 Å². The molecule has 0 unspecified atom stereocenters. The molecule has 0 radical (unpaired) electrons. The molecule has 0 saturated carbocycles. The summed E-state index contributed by atoms with van der Waals surface area (Å²) in [5.41, 5.74) is 8.51. The second-order valence-corrected chi connectivity index (χ2v) is 6.63. The quantitative estimate of drug-likeness (QED) is 0.262. The zero-order chi connectivity index (χ0) is 19.9. The largest absolute Gasteiger partial charge is 0.454 e. The van der Waals surface area contributed by atoms with Crippen LogP contribution in [0.1, 0.15) is 11.1 Å². The summed E-state index contributed by atoms with van der Waals surface area (Å²) in [6.45, 7) is 2.04. The molecule has 0 spiro atoms. The molecule has 10 nitrogen and oxygen atoms in total. The van der Waals surface area contributed by atoms with Crippen molar-refractivity contribution in [1.29, 1.82) is 0 Å². The predicted molar refractivity (Wildman–Crippen MR) is 97.7 cm³/mol. The van der Waals surface area contributed by atoms with E-state index in [1.165, 1.54) is 18.3 Å². The Labute approximate surface area is 155 Å². The molecule has 27 heavy (non-hydrogen) atoms. The smallest absolute Gasteiger partial charge is 0.294 e. The lowest BCUT2D eigenvalue weighted by Gasteiger charge is -1.98. The zero-order valence-electron chi connectivity index (χ0n) is 14.2. The number of aryl methyl sites for hydroxylation is 1. The number of nitrogens with two attached hydrogens (primary N) is 1. The van der Waals surface area contributed by atoms with Gasteiger partial charge in [0.25, 0.3) is 10.1 Å². The highest BCUT2D eigenvalue weighted by atomic mass is 32.2. The molecule has 0 amide bonds. The molecule has 0 atom stereocenters. The maximum absolute atomic E-state index is 10.5. The number of hydrogen-bond donors (Lipinski definition) is 4. The van der Waals surface area contributed by atoms with Crippen LogP contribution in [-0.4, -0.2) is 37.1 Å². The van der Waals surface area contributed by atoms with E-state index >= 15 is 0 Å². The molecule has 2 aromatic rings. The topological polar surface area (TPSA) is 156 Å². The van der Waals surface area contributed by atoms with E-state index in [0.717, 1.165) is 11.1 Å². The van der Waals surface area contributed by atoms with Crippen LogP contribution in [-0.2, 0) is 10.1 Å². The van der Waals surface area contributed by atoms with Gasteiger partial charge in [-0.05, 0) is 31.2 Å². The first-order chi connectivity index (χ1) is 12.8. The fourth-order valence-corrected chi connectivity index (χ4v) is 2.42. The third-order valence-electron chi connectivity index (χ3n) is 3.22. The third-order valence-corrected chi connectivity index (χ3v) is 4.09. The van der Waals surface area contributed by atoms with Crippen LogP contribution >= 0.6 is 0 Å². The summed E-state index contributed by atoms with van der Waals surface area (Å²) in [6, 6.07) is 11.4. The zero-order valence-corrected chi connectivity index (χ0v) is 15.0. The fourth-order valence-electron chi connectivity index (χ4n) is 1.94. The van der Waals surface area contributed by atoms with Crippen molar-refractivity contribution in [3.05, 3.63) is 53.6 Å². The number of guanidine groups is 1. The van der Waals surface area contributed by atoms with Crippen molar-refractivity contribution in [3.63, 3.8) is 0 Å². The number of nitrogens with zero attached hydrogens (tertiary/aromatic N) is 2. The maximum atomic E-state index is 10.5. The van der Waals surface area contributed by atoms with Gasteiger partial charge in [-0.1, -0.05) is 23.8 Å². The van der Waals surface area contributed by atoms with Crippen LogP contribution in [0.3, 0.4) is 0 Å². The Bertz CT molecular complexity index is 942. The molecule has 0 saturated heterocycles. The summed E-state index contributed by atoms with van der Waals surface area (Å²) in [6.07, 6.45) is 1.46. The normalized spacial score (nSPS) is 13.2. The lowest BCUT2D eigenvalue weighted by Crippen LogP contribution is -2.27. The SMILES string of the molecule is Cc1ccc(S(=O)(=O)O)cc1.NC(=NN=Cc1cccc2c1OCO2)NO. The minimum absolute atomic E-state index is 0.0666. The first kappa shape index (κ1) is 20.2. The first-order valence-electron chi connectivity index (χ1n) is 7.50. The van der Waals surface area contributed by atoms with Crippen molar-refractivity contribution >= 4 is 22.3 Å². The van der Waals surface area contributed by atoms with E-state index in [2.05, 4.69) is 10.2 Å². The summed E-state index contributed by atoms with van der Waals surface area (Å²) < 4.78 is 40.0. The van der Waals surface area contributed by atoms with E-state index in [9.17, 15) is 8.42 Å². The lowest BCUT2D eigenvalue weighted by atomic mass is 10.2. The standard InChI is InChI=1S/C9H10N4O3.C7H8O3S/c10-9(13-14)12-11-4-6-2-1-3-7-8(6)16-5-15-7;1-6-2-4-7(5-3-6)11(8,9)10/h1-4,14H,5H2,(H3,10,12,13);2-5H,1H3,(H,8,9,10). The van der Waals surface area contributed by atoms with Gasteiger partial charge in [0.05, 0.1) is 11.1 Å². The molecule has 2 aromatic carbocycles. The van der Waals surface area contributed by atoms with Crippen LogP contribution in [0.15, 0.2) is 57.6 Å². The van der Waals surface area contributed by atoms with Gasteiger partial charge in [-0.25, -0.2) is 5.48 Å². The van der Waals surface area contributed by atoms with Gasteiger partial charge in [-0.15, -0.1) is 5.10 Å². The number of rotatable bonds is 3. The minimum Gasteiger partial charge on any atom is -0.454 e. The van der Waals surface area contributed by atoms with Gasteiger partial charge in [0, 0.05) is 5.56 Å². The van der Waals surface area contributed by atoms with E-state index in [1.807, 2.05) is 13.0 Å². The van der Waals surface area contributed by atoms with Gasteiger partial charge < -0.3 is 15.2 Å². The van der Waals surface area contributed by atoms with Gasteiger partial charge in [-0.2, -0.15) is 13.5 Å². The number of para-hydroxylation sites is 1. The summed E-state index contributed by atoms with van der Waals surface area (Å²) in [5.74, 6) is 1.10. The Morgan fingerprint density at radius 1 is 1.22 bits per heavy atom. The van der Waals surface area contributed by atoms with E-state index in [1.54, 1.807) is 29.7 Å². The Morgan fingerprint density at radius 3 is 2.56 bits per heavy atom. The molecule has 1 aliphatic rings. The second-order valence-electron chi connectivity index (χ2n) is 5.21. The van der Waals surface area contributed by atoms with Crippen LogP contribution in [0.2, 0.25) is 0 Å². The van der Waals surface area contributed by atoms with Crippen LogP contribution in [0.5, 0.6) is 11.5 Å². The molecule has 11 heteroatoms. The van der Waals surface area contributed by atoms with E-state index < -0.39 is 10.1 Å². The lowest BCUT2D eigenvalue weighted by molar-refractivity contribution is 0.174. The van der Waals surface area contributed by atoms with Crippen LogP contribution in [0, 0.1) is 6.92 Å². The van der Waals surface area contributed by atoms with E-state index in [4.69, 9.17) is 25.0 Å². The number of benzene rings is 2. The van der Waals surface area contributed by atoms with Crippen molar-refractivity contribution in [2.75, 3.05) is 6.79 Å². The molecule has 0 aromatic heterocycles. The number of ether oxygens (including phenoxy) is 2. The summed E-state index contributed by atoms with van der Waals surface area (Å²) in [5, 5.41) is 15.5. The predicted octanol–water partition coefficient (Wildman–Crippen LogP) is 1.28. The monoisotopic (exact) mass is 394 g/mol. The van der Waals surface area contributed by atoms with Crippen molar-refractivity contribution in [2.45, 2.75) is 11.8 Å².